The van der Waals surface area contributed by atoms with Gasteiger partial charge >= 0.3 is 6.09 Å². The van der Waals surface area contributed by atoms with Crippen molar-refractivity contribution in [2.24, 2.45) is 5.41 Å². The number of pyridine rings is 1. The molecule has 178 valence electrons. The number of fused-ring (bicyclic) bond motifs is 1. The summed E-state index contributed by atoms with van der Waals surface area (Å²) in [5, 5.41) is 9.39. The Kier molecular flexibility index (Phi) is 7.03. The van der Waals surface area contributed by atoms with E-state index in [2.05, 4.69) is 10.8 Å². The lowest BCUT2D eigenvalue weighted by Gasteiger charge is -2.42. The second kappa shape index (κ2) is 9.46. The summed E-state index contributed by atoms with van der Waals surface area (Å²) in [6.45, 7) is 7.99. The number of hydrogen-bond acceptors (Lipinski definition) is 6. The monoisotopic (exact) mass is 465 g/mol. The molecule has 3 heterocycles. The number of ether oxygens (including phenoxy) is 2. The molecule has 1 aromatic rings. The number of nitrogens with zero attached hydrogens (tertiary/aromatic N) is 2. The van der Waals surface area contributed by atoms with E-state index in [4.69, 9.17) is 14.5 Å². The second-order valence-corrected chi connectivity index (χ2v) is 12.2. The van der Waals surface area contributed by atoms with Crippen LogP contribution < -0.4 is 4.72 Å². The van der Waals surface area contributed by atoms with E-state index in [1.165, 1.54) is 4.90 Å². The van der Waals surface area contributed by atoms with Crippen molar-refractivity contribution >= 4 is 17.5 Å². The number of nitrogens with one attached hydrogen (secondary N) is 1. The smallest absolute Gasteiger partial charge is 0.407 e. The molecule has 0 radical (unpaired) electrons. The van der Waals surface area contributed by atoms with Crippen LogP contribution in [0.4, 0.5) is 4.79 Å². The summed E-state index contributed by atoms with van der Waals surface area (Å²) in [7, 11) is 0. The van der Waals surface area contributed by atoms with Crippen LogP contribution in [0.3, 0.4) is 0 Å². The van der Waals surface area contributed by atoms with E-state index in [1.54, 1.807) is 0 Å². The van der Waals surface area contributed by atoms with E-state index in [0.29, 0.717) is 19.7 Å². The van der Waals surface area contributed by atoms with Crippen molar-refractivity contribution in [3.8, 4) is 0 Å². The summed E-state index contributed by atoms with van der Waals surface area (Å²) >= 11 is -1.24. The maximum absolute atomic E-state index is 13.0. The normalized spacial score (nSPS) is 26.2. The van der Waals surface area contributed by atoms with Gasteiger partial charge in [0.2, 0.25) is 0 Å². The molecule has 2 saturated heterocycles. The number of aromatic nitrogens is 1. The van der Waals surface area contributed by atoms with Crippen LogP contribution in [0, 0.1) is 5.41 Å². The lowest BCUT2D eigenvalue weighted by molar-refractivity contribution is -0.169. The van der Waals surface area contributed by atoms with Crippen molar-refractivity contribution in [2.75, 3.05) is 19.7 Å². The lowest BCUT2D eigenvalue weighted by Crippen LogP contribution is -2.50. The first-order valence-corrected chi connectivity index (χ1v) is 12.7. The molecule has 1 aliphatic carbocycles. The molecule has 0 saturated carbocycles. The average Bonchev–Trinajstić information content (AvgIpc) is 3.04. The zero-order chi connectivity index (χ0) is 22.9. The average molecular weight is 466 g/mol. The molecule has 2 N–H and O–H groups in total. The van der Waals surface area contributed by atoms with E-state index in [0.717, 1.165) is 62.1 Å². The van der Waals surface area contributed by atoms with Crippen LogP contribution >= 0.6 is 0 Å². The molecule has 0 aromatic carbocycles. The van der Waals surface area contributed by atoms with Gasteiger partial charge in [-0.3, -0.25) is 4.98 Å². The van der Waals surface area contributed by atoms with Crippen molar-refractivity contribution < 1.29 is 23.9 Å². The third-order valence-electron chi connectivity index (χ3n) is 6.88. The second-order valence-electron chi connectivity index (χ2n) is 10.2. The number of carboxylic acid groups (broad SMARTS) is 1. The van der Waals surface area contributed by atoms with Gasteiger partial charge in [-0.2, -0.15) is 0 Å². The quantitative estimate of drug-likeness (QED) is 0.641. The van der Waals surface area contributed by atoms with Crippen molar-refractivity contribution in [1.82, 2.24) is 14.6 Å². The summed E-state index contributed by atoms with van der Waals surface area (Å²) in [5.41, 5.74) is 2.76. The fraction of sp³-hybridized carbons (Fsp3) is 0.739. The Bertz CT molecular complexity index is 816. The molecule has 1 spiro atoms. The molecule has 0 bridgehead atoms. The van der Waals surface area contributed by atoms with Crippen molar-refractivity contribution in [3.63, 3.8) is 0 Å². The molecule has 3 aliphatic rings. The first-order chi connectivity index (χ1) is 15.2. The maximum atomic E-state index is 13.0. The fourth-order valence-corrected chi connectivity index (χ4v) is 5.85. The van der Waals surface area contributed by atoms with Crippen LogP contribution in [0.2, 0.25) is 0 Å². The first-order valence-electron chi connectivity index (χ1n) is 11.6. The molecule has 32 heavy (non-hydrogen) atoms. The Hall–Kier alpha value is -1.39. The summed E-state index contributed by atoms with van der Waals surface area (Å²) in [6, 6.07) is 3.96. The Morgan fingerprint density at radius 1 is 1.38 bits per heavy atom. The molecule has 3 atom stereocenters. The molecule has 2 fully saturated rings. The highest BCUT2D eigenvalue weighted by atomic mass is 32.2. The summed E-state index contributed by atoms with van der Waals surface area (Å²) in [6.07, 6.45) is 4.28. The highest BCUT2D eigenvalue weighted by molar-refractivity contribution is 7.90. The highest BCUT2D eigenvalue weighted by Crippen LogP contribution is 2.52. The van der Waals surface area contributed by atoms with Crippen LogP contribution in [-0.2, 0) is 33.9 Å². The minimum atomic E-state index is -1.24. The molecule has 4 rings (SSSR count). The summed E-state index contributed by atoms with van der Waals surface area (Å²) in [5.74, 6) is 0. The maximum Gasteiger partial charge on any atom is 0.407 e. The minimum Gasteiger partial charge on any atom is -0.598 e. The van der Waals surface area contributed by atoms with Gasteiger partial charge in [0, 0.05) is 42.2 Å². The van der Waals surface area contributed by atoms with Gasteiger partial charge in [0.15, 0.2) is 6.29 Å². The topological polar surface area (TPSA) is 107 Å². The Balaban J connectivity index is 1.53. The lowest BCUT2D eigenvalue weighted by atomic mass is 9.73. The van der Waals surface area contributed by atoms with Gasteiger partial charge in [0.1, 0.15) is 4.75 Å². The Morgan fingerprint density at radius 3 is 2.75 bits per heavy atom. The van der Waals surface area contributed by atoms with Crippen molar-refractivity contribution in [1.29, 1.82) is 0 Å². The Morgan fingerprint density at radius 2 is 2.12 bits per heavy atom. The third kappa shape index (κ3) is 5.07. The standard InChI is InChI=1S/C23H35N3O5S/c1-22(2,3)32(29)25-20-17-8-7-16(15-31-19-6-4-5-13-30-19)24-18(17)14-23(20)9-11-26(12-10-23)21(27)28/h7-8,19-20,25H,4-6,9-15H2,1-3H3,(H,27,28)/t19?,20-,32-/m1/s1. The van der Waals surface area contributed by atoms with Crippen LogP contribution in [0.25, 0.3) is 0 Å². The van der Waals surface area contributed by atoms with Gasteiger partial charge in [-0.15, -0.1) is 4.72 Å². The molecule has 9 heteroatoms. The number of piperidine rings is 1. The fourth-order valence-electron chi connectivity index (χ4n) is 4.91. The molecular weight excluding hydrogens is 430 g/mol. The van der Waals surface area contributed by atoms with Crippen LogP contribution in [0.5, 0.6) is 0 Å². The molecule has 1 unspecified atom stereocenters. The van der Waals surface area contributed by atoms with Gasteiger partial charge < -0.3 is 24.0 Å². The van der Waals surface area contributed by atoms with Gasteiger partial charge in [-0.1, -0.05) is 6.07 Å². The molecule has 1 amide bonds. The number of amides is 1. The van der Waals surface area contributed by atoms with Crippen molar-refractivity contribution in [3.05, 3.63) is 29.1 Å². The minimum absolute atomic E-state index is 0.113. The Labute approximate surface area is 193 Å². The van der Waals surface area contributed by atoms with E-state index in [9.17, 15) is 14.5 Å². The predicted molar refractivity (Wildman–Crippen MR) is 121 cm³/mol. The van der Waals surface area contributed by atoms with Gasteiger partial charge in [0.05, 0.1) is 18.3 Å². The van der Waals surface area contributed by atoms with Crippen LogP contribution in [-0.4, -0.2) is 56.4 Å². The molecule has 8 nitrogen and oxygen atoms in total. The summed E-state index contributed by atoms with van der Waals surface area (Å²) < 4.78 is 27.6. The van der Waals surface area contributed by atoms with E-state index in [-0.39, 0.29) is 17.7 Å². The zero-order valence-corrected chi connectivity index (χ0v) is 20.1. The number of likely N-dealkylation sites (tertiary alicyclic amines) is 1. The molecular formula is C23H35N3O5S. The van der Waals surface area contributed by atoms with E-state index < -0.39 is 22.2 Å². The highest BCUT2D eigenvalue weighted by Gasteiger charge is 2.51. The van der Waals surface area contributed by atoms with E-state index >= 15 is 0 Å². The summed E-state index contributed by atoms with van der Waals surface area (Å²) in [4.78, 5) is 17.8. The van der Waals surface area contributed by atoms with Crippen LogP contribution in [0.1, 0.15) is 75.9 Å². The SMILES string of the molecule is CC(C)(C)[S@@+]([O-])N[C@@H]1c2ccc(COC3CCCCO3)nc2CC12CCN(C(=O)O)CC2. The number of hydrogen-bond donors (Lipinski definition) is 2. The van der Waals surface area contributed by atoms with Gasteiger partial charge in [-0.05, 0) is 70.9 Å². The molecule has 2 aliphatic heterocycles. The largest absolute Gasteiger partial charge is 0.598 e. The number of carbonyl (C=O) groups is 1. The third-order valence-corrected chi connectivity index (χ3v) is 8.44. The van der Waals surface area contributed by atoms with E-state index in [1.807, 2.05) is 26.8 Å². The zero-order valence-electron chi connectivity index (χ0n) is 19.3. The van der Waals surface area contributed by atoms with Gasteiger partial charge in [0.25, 0.3) is 0 Å². The first kappa shape index (κ1) is 23.8. The number of rotatable bonds is 5. The predicted octanol–water partition coefficient (Wildman–Crippen LogP) is 3.53. The van der Waals surface area contributed by atoms with Gasteiger partial charge in [-0.25, -0.2) is 4.79 Å². The van der Waals surface area contributed by atoms with Crippen LogP contribution in [0.15, 0.2) is 12.1 Å². The molecule has 1 aromatic heterocycles. The van der Waals surface area contributed by atoms with Crippen molar-refractivity contribution in [2.45, 2.75) is 83.0 Å².